The van der Waals surface area contributed by atoms with E-state index in [0.717, 1.165) is 5.56 Å². The zero-order valence-electron chi connectivity index (χ0n) is 17.7. The molecule has 3 amide bonds. The van der Waals surface area contributed by atoms with Gasteiger partial charge in [-0.1, -0.05) is 48.0 Å². The van der Waals surface area contributed by atoms with Crippen molar-refractivity contribution in [1.29, 1.82) is 0 Å². The van der Waals surface area contributed by atoms with Gasteiger partial charge in [0.15, 0.2) is 0 Å². The molecule has 33 heavy (non-hydrogen) atoms. The summed E-state index contributed by atoms with van der Waals surface area (Å²) in [5.74, 6) is -2.21. The Balaban J connectivity index is 1.73. The Hall–Kier alpha value is -3.97. The summed E-state index contributed by atoms with van der Waals surface area (Å²) in [6.07, 6.45) is 0. The van der Waals surface area contributed by atoms with Gasteiger partial charge in [-0.3, -0.25) is 24.1 Å². The summed E-state index contributed by atoms with van der Waals surface area (Å²) in [6.45, 7) is -0.241. The van der Waals surface area contributed by atoms with Crippen LogP contribution in [-0.4, -0.2) is 37.1 Å². The number of ketones is 1. The number of nitrogens with one attached hydrogen (secondary N) is 1. The van der Waals surface area contributed by atoms with Gasteiger partial charge >= 0.3 is 0 Å². The molecular weight excluding hydrogens is 442 g/mol. The van der Waals surface area contributed by atoms with Crippen LogP contribution in [0.3, 0.4) is 0 Å². The van der Waals surface area contributed by atoms with E-state index in [9.17, 15) is 19.2 Å². The van der Waals surface area contributed by atoms with Crippen LogP contribution >= 0.6 is 11.6 Å². The van der Waals surface area contributed by atoms with Crippen LogP contribution in [-0.2, 0) is 16.1 Å². The van der Waals surface area contributed by atoms with Gasteiger partial charge in [0.2, 0.25) is 5.91 Å². The third-order valence-electron chi connectivity index (χ3n) is 5.37. The number of carbonyl (C=O) groups is 4. The SMILES string of the molecule is CNC(=O)c1ccccc1N(Cc1cccc(Cl)c1)C(=O)CN1C(=O)C(=O)c2ccccc21. The van der Waals surface area contributed by atoms with E-state index in [2.05, 4.69) is 5.32 Å². The van der Waals surface area contributed by atoms with Crippen molar-refractivity contribution < 1.29 is 19.2 Å². The summed E-state index contributed by atoms with van der Waals surface area (Å²) >= 11 is 6.13. The third-order valence-corrected chi connectivity index (χ3v) is 5.60. The summed E-state index contributed by atoms with van der Waals surface area (Å²) in [6, 6.07) is 20.3. The van der Waals surface area contributed by atoms with Crippen molar-refractivity contribution >= 4 is 46.5 Å². The molecule has 1 aliphatic rings. The van der Waals surface area contributed by atoms with E-state index in [-0.39, 0.29) is 24.6 Å². The topological polar surface area (TPSA) is 86.8 Å². The zero-order valence-corrected chi connectivity index (χ0v) is 18.5. The van der Waals surface area contributed by atoms with Crippen molar-refractivity contribution in [3.8, 4) is 0 Å². The molecule has 0 spiro atoms. The maximum atomic E-state index is 13.6. The van der Waals surface area contributed by atoms with E-state index in [4.69, 9.17) is 11.6 Å². The minimum Gasteiger partial charge on any atom is -0.355 e. The largest absolute Gasteiger partial charge is 0.355 e. The van der Waals surface area contributed by atoms with Crippen LogP contribution in [0.1, 0.15) is 26.3 Å². The van der Waals surface area contributed by atoms with E-state index in [1.165, 1.54) is 16.8 Å². The van der Waals surface area contributed by atoms with Gasteiger partial charge in [0.05, 0.1) is 29.0 Å². The summed E-state index contributed by atoms with van der Waals surface area (Å²) < 4.78 is 0. The van der Waals surface area contributed by atoms with Gasteiger partial charge in [0.1, 0.15) is 6.54 Å². The molecule has 0 unspecified atom stereocenters. The monoisotopic (exact) mass is 461 g/mol. The first-order valence-corrected chi connectivity index (χ1v) is 10.6. The fraction of sp³-hybridized carbons (Fsp3) is 0.120. The lowest BCUT2D eigenvalue weighted by Gasteiger charge is -2.27. The third kappa shape index (κ3) is 4.36. The van der Waals surface area contributed by atoms with Crippen LogP contribution in [0, 0.1) is 0 Å². The molecule has 0 saturated heterocycles. The molecule has 3 aromatic rings. The van der Waals surface area contributed by atoms with Crippen molar-refractivity contribution in [3.05, 3.63) is 94.5 Å². The maximum absolute atomic E-state index is 13.6. The predicted molar refractivity (Wildman–Crippen MR) is 126 cm³/mol. The highest BCUT2D eigenvalue weighted by molar-refractivity contribution is 6.52. The summed E-state index contributed by atoms with van der Waals surface area (Å²) in [5.41, 5.74) is 2.09. The average molecular weight is 462 g/mol. The number of carbonyl (C=O) groups excluding carboxylic acids is 4. The van der Waals surface area contributed by atoms with E-state index in [1.54, 1.807) is 66.7 Å². The number of nitrogens with zero attached hydrogens (tertiary/aromatic N) is 2. The predicted octanol–water partition coefficient (Wildman–Crippen LogP) is 3.46. The lowest BCUT2D eigenvalue weighted by molar-refractivity contribution is -0.120. The number of Topliss-reactive ketones (excluding diaryl/α,β-unsaturated/α-hetero) is 1. The second-order valence-corrected chi connectivity index (χ2v) is 7.88. The molecule has 3 aromatic carbocycles. The smallest absolute Gasteiger partial charge is 0.299 e. The number of hydrogen-bond acceptors (Lipinski definition) is 4. The first-order chi connectivity index (χ1) is 15.9. The Bertz CT molecular complexity index is 1270. The van der Waals surface area contributed by atoms with Crippen LogP contribution in [0.15, 0.2) is 72.8 Å². The van der Waals surface area contributed by atoms with Crippen molar-refractivity contribution in [1.82, 2.24) is 5.32 Å². The molecule has 1 heterocycles. The molecule has 0 atom stereocenters. The maximum Gasteiger partial charge on any atom is 0.299 e. The fourth-order valence-electron chi connectivity index (χ4n) is 3.79. The molecule has 1 N–H and O–H groups in total. The van der Waals surface area contributed by atoms with Gasteiger partial charge in [-0.2, -0.15) is 0 Å². The molecule has 0 bridgehead atoms. The quantitative estimate of drug-likeness (QED) is 0.569. The standard InChI is InChI=1S/C25H20ClN3O4/c1-27-24(32)19-10-3-5-12-21(19)28(14-16-7-6-8-17(26)13-16)22(30)15-29-20-11-4-2-9-18(20)23(31)25(29)33/h2-13H,14-15H2,1H3,(H,27,32). The van der Waals surface area contributed by atoms with Gasteiger partial charge in [0, 0.05) is 12.1 Å². The zero-order chi connectivity index (χ0) is 23.5. The minimum atomic E-state index is -0.758. The Morgan fingerprint density at radius 3 is 2.45 bits per heavy atom. The number of para-hydroxylation sites is 2. The summed E-state index contributed by atoms with van der Waals surface area (Å²) in [7, 11) is 1.51. The number of anilines is 2. The highest BCUT2D eigenvalue weighted by atomic mass is 35.5. The average Bonchev–Trinajstić information content (AvgIpc) is 3.07. The van der Waals surface area contributed by atoms with Crippen LogP contribution in [0.5, 0.6) is 0 Å². The first kappa shape index (κ1) is 22.2. The Morgan fingerprint density at radius 1 is 0.970 bits per heavy atom. The van der Waals surface area contributed by atoms with E-state index in [1.807, 2.05) is 6.07 Å². The molecule has 0 aromatic heterocycles. The molecule has 7 nitrogen and oxygen atoms in total. The van der Waals surface area contributed by atoms with Crippen molar-refractivity contribution in [2.24, 2.45) is 0 Å². The van der Waals surface area contributed by atoms with Gasteiger partial charge in [-0.05, 0) is 42.0 Å². The normalized spacial score (nSPS) is 12.5. The lowest BCUT2D eigenvalue weighted by atomic mass is 10.1. The highest BCUT2D eigenvalue weighted by Gasteiger charge is 2.37. The number of benzene rings is 3. The molecule has 1 aliphatic heterocycles. The van der Waals surface area contributed by atoms with Crippen molar-refractivity contribution in [2.45, 2.75) is 6.54 Å². The van der Waals surface area contributed by atoms with Crippen LogP contribution in [0.4, 0.5) is 11.4 Å². The van der Waals surface area contributed by atoms with Crippen LogP contribution in [0.25, 0.3) is 0 Å². The van der Waals surface area contributed by atoms with E-state index < -0.39 is 17.6 Å². The second kappa shape index (κ2) is 9.26. The molecule has 4 rings (SSSR count). The Labute approximate surface area is 195 Å². The Morgan fingerprint density at radius 2 is 1.70 bits per heavy atom. The van der Waals surface area contributed by atoms with Gasteiger partial charge in [-0.25, -0.2) is 0 Å². The number of halogens is 1. The van der Waals surface area contributed by atoms with Gasteiger partial charge < -0.3 is 10.2 Å². The molecule has 166 valence electrons. The molecule has 0 saturated carbocycles. The number of fused-ring (bicyclic) bond motifs is 1. The summed E-state index contributed by atoms with van der Waals surface area (Å²) in [5, 5.41) is 3.09. The van der Waals surface area contributed by atoms with Crippen LogP contribution < -0.4 is 15.1 Å². The Kier molecular flexibility index (Phi) is 6.24. The van der Waals surface area contributed by atoms with E-state index >= 15 is 0 Å². The molecule has 0 aliphatic carbocycles. The van der Waals surface area contributed by atoms with Crippen molar-refractivity contribution in [2.75, 3.05) is 23.4 Å². The number of amides is 3. The molecular formula is C25H20ClN3O4. The van der Waals surface area contributed by atoms with E-state index in [0.29, 0.717) is 22.0 Å². The second-order valence-electron chi connectivity index (χ2n) is 7.44. The minimum absolute atomic E-state index is 0.116. The first-order valence-electron chi connectivity index (χ1n) is 10.2. The van der Waals surface area contributed by atoms with Gasteiger partial charge in [-0.15, -0.1) is 0 Å². The molecule has 0 radical (unpaired) electrons. The highest BCUT2D eigenvalue weighted by Crippen LogP contribution is 2.30. The number of hydrogen-bond donors (Lipinski definition) is 1. The molecule has 0 fully saturated rings. The van der Waals surface area contributed by atoms with Crippen molar-refractivity contribution in [3.63, 3.8) is 0 Å². The molecule has 8 heteroatoms. The fourth-order valence-corrected chi connectivity index (χ4v) is 4.00. The number of rotatable bonds is 6. The van der Waals surface area contributed by atoms with Gasteiger partial charge in [0.25, 0.3) is 17.6 Å². The van der Waals surface area contributed by atoms with Crippen LogP contribution in [0.2, 0.25) is 5.02 Å². The lowest BCUT2D eigenvalue weighted by Crippen LogP contribution is -2.43. The summed E-state index contributed by atoms with van der Waals surface area (Å²) in [4.78, 5) is 53.6.